The number of rotatable bonds is 1. The molecule has 0 aromatic carbocycles. The van der Waals surface area contributed by atoms with Crippen molar-refractivity contribution in [1.29, 1.82) is 0 Å². The van der Waals surface area contributed by atoms with Crippen LogP contribution in [0.25, 0.3) is 0 Å². The smallest absolute Gasteiger partial charge is 0.305 e. The monoisotopic (exact) mass is 255 g/mol. The van der Waals surface area contributed by atoms with Gasteiger partial charge in [-0.3, -0.25) is 4.98 Å². The maximum atomic E-state index is 11.6. The summed E-state index contributed by atoms with van der Waals surface area (Å²) < 4.78 is 0. The predicted molar refractivity (Wildman–Crippen MR) is 74.1 cm³/mol. The fourth-order valence-corrected chi connectivity index (χ4v) is 3.72. The lowest BCUT2D eigenvalue weighted by molar-refractivity contribution is 0.259. The number of hydrogen-bond donors (Lipinski definition) is 1. The lowest BCUT2D eigenvalue weighted by Crippen LogP contribution is -2.13. The molecule has 1 aromatic rings. The summed E-state index contributed by atoms with van der Waals surface area (Å²) in [6.45, 7) is 3.31. The van der Waals surface area contributed by atoms with Crippen LogP contribution in [0, 0.1) is 0 Å². The van der Waals surface area contributed by atoms with Crippen molar-refractivity contribution >= 4 is 18.4 Å². The Morgan fingerprint density at radius 3 is 2.79 bits per heavy atom. The van der Waals surface area contributed by atoms with Gasteiger partial charge in [-0.25, -0.2) is 9.79 Å². The Kier molecular flexibility index (Phi) is 2.14. The molecule has 0 radical (unpaired) electrons. The molecule has 3 aliphatic rings. The van der Waals surface area contributed by atoms with Gasteiger partial charge < -0.3 is 5.32 Å². The summed E-state index contributed by atoms with van der Waals surface area (Å²) in [4.78, 5) is 20.0. The van der Waals surface area contributed by atoms with Crippen molar-refractivity contribution in [3.8, 4) is 0 Å². The topological polar surface area (TPSA) is 54.4 Å². The van der Waals surface area contributed by atoms with Crippen LogP contribution in [-0.4, -0.2) is 17.7 Å². The number of carbonyl (C=O) groups excluding carboxylic acids is 1. The van der Waals surface area contributed by atoms with E-state index in [1.165, 1.54) is 41.8 Å². The largest absolute Gasteiger partial charge is 0.344 e. The van der Waals surface area contributed by atoms with Gasteiger partial charge in [-0.05, 0) is 62.8 Å². The second-order valence-corrected chi connectivity index (χ2v) is 5.96. The number of nitrogens with zero attached hydrogens (tertiary/aromatic N) is 2. The van der Waals surface area contributed by atoms with Crippen LogP contribution >= 0.6 is 0 Å². The van der Waals surface area contributed by atoms with Crippen molar-refractivity contribution < 1.29 is 4.79 Å². The van der Waals surface area contributed by atoms with E-state index in [9.17, 15) is 4.79 Å². The Bertz CT molecular complexity index is 602. The summed E-state index contributed by atoms with van der Waals surface area (Å²) in [7, 11) is 0. The van der Waals surface area contributed by atoms with Gasteiger partial charge in [-0.2, -0.15) is 0 Å². The van der Waals surface area contributed by atoms with Crippen LogP contribution in [0.1, 0.15) is 48.2 Å². The SMILES string of the molecule is C=NC(=O)Nc1c2c(nc3c1CCC31CC1)CCC2. The second kappa shape index (κ2) is 3.65. The molecule has 4 nitrogen and oxygen atoms in total. The molecule has 1 aromatic heterocycles. The molecule has 1 spiro atoms. The molecule has 1 heterocycles. The minimum Gasteiger partial charge on any atom is -0.305 e. The van der Waals surface area contributed by atoms with E-state index in [0.29, 0.717) is 5.41 Å². The zero-order valence-corrected chi connectivity index (χ0v) is 11.0. The van der Waals surface area contributed by atoms with E-state index >= 15 is 0 Å². The number of urea groups is 1. The van der Waals surface area contributed by atoms with Gasteiger partial charge in [0.2, 0.25) is 0 Å². The van der Waals surface area contributed by atoms with Gasteiger partial charge in [-0.15, -0.1) is 0 Å². The van der Waals surface area contributed by atoms with Gasteiger partial charge in [0.15, 0.2) is 0 Å². The van der Waals surface area contributed by atoms with E-state index in [1.54, 1.807) is 0 Å². The number of pyridine rings is 1. The summed E-state index contributed by atoms with van der Waals surface area (Å²) in [6, 6.07) is -0.348. The fraction of sp³-hybridized carbons (Fsp3) is 0.533. The molecule has 2 amide bonds. The molecule has 1 fully saturated rings. The molecule has 0 unspecified atom stereocenters. The van der Waals surface area contributed by atoms with E-state index in [0.717, 1.165) is 31.4 Å². The molecule has 4 heteroatoms. The van der Waals surface area contributed by atoms with Crippen molar-refractivity contribution in [3.05, 3.63) is 22.5 Å². The lowest BCUT2D eigenvalue weighted by Gasteiger charge is -2.15. The van der Waals surface area contributed by atoms with E-state index in [-0.39, 0.29) is 6.03 Å². The third-order valence-electron chi connectivity index (χ3n) is 4.91. The van der Waals surface area contributed by atoms with Gasteiger partial charge in [0, 0.05) is 11.1 Å². The number of fused-ring (bicyclic) bond motifs is 3. The molecule has 3 aliphatic carbocycles. The van der Waals surface area contributed by atoms with Crippen LogP contribution in [-0.2, 0) is 24.7 Å². The Labute approximate surface area is 112 Å². The summed E-state index contributed by atoms with van der Waals surface area (Å²) in [5.41, 5.74) is 6.36. The highest BCUT2D eigenvalue weighted by Gasteiger charge is 2.51. The first-order chi connectivity index (χ1) is 9.23. The van der Waals surface area contributed by atoms with Crippen LogP contribution in [0.5, 0.6) is 0 Å². The van der Waals surface area contributed by atoms with Crippen molar-refractivity contribution in [3.63, 3.8) is 0 Å². The molecule has 1 saturated carbocycles. The molecule has 0 saturated heterocycles. The van der Waals surface area contributed by atoms with Crippen molar-refractivity contribution in [1.82, 2.24) is 4.98 Å². The normalized spacial score (nSPS) is 21.1. The molecule has 4 rings (SSSR count). The van der Waals surface area contributed by atoms with E-state index in [1.807, 2.05) is 0 Å². The van der Waals surface area contributed by atoms with Crippen LogP contribution in [0.2, 0.25) is 0 Å². The zero-order valence-electron chi connectivity index (χ0n) is 11.0. The summed E-state index contributed by atoms with van der Waals surface area (Å²) in [5, 5.41) is 2.95. The third kappa shape index (κ3) is 1.49. The minimum absolute atomic E-state index is 0.348. The number of anilines is 1. The van der Waals surface area contributed by atoms with Crippen molar-refractivity contribution in [2.75, 3.05) is 5.32 Å². The number of aliphatic imine (C=N–C) groups is 1. The predicted octanol–water partition coefficient (Wildman–Crippen LogP) is 2.78. The number of nitrogens with one attached hydrogen (secondary N) is 1. The first-order valence-corrected chi connectivity index (χ1v) is 7.06. The zero-order chi connectivity index (χ0) is 13.0. The molecule has 0 atom stereocenters. The highest BCUT2D eigenvalue weighted by atomic mass is 16.2. The molecule has 0 bridgehead atoms. The van der Waals surface area contributed by atoms with Crippen LogP contribution in [0.4, 0.5) is 10.5 Å². The highest BCUT2D eigenvalue weighted by molar-refractivity contribution is 5.94. The molecule has 98 valence electrons. The molecule has 0 aliphatic heterocycles. The maximum absolute atomic E-state index is 11.6. The van der Waals surface area contributed by atoms with Crippen molar-refractivity contribution in [2.45, 2.75) is 50.4 Å². The van der Waals surface area contributed by atoms with E-state index in [4.69, 9.17) is 4.98 Å². The van der Waals surface area contributed by atoms with Gasteiger partial charge in [-0.1, -0.05) is 0 Å². The van der Waals surface area contributed by atoms with Crippen LogP contribution < -0.4 is 5.32 Å². The van der Waals surface area contributed by atoms with Gasteiger partial charge in [0.25, 0.3) is 0 Å². The number of carbonyl (C=O) groups is 1. The first-order valence-electron chi connectivity index (χ1n) is 7.06. The number of amides is 2. The van der Waals surface area contributed by atoms with E-state index in [2.05, 4.69) is 17.0 Å². The molecule has 19 heavy (non-hydrogen) atoms. The number of hydrogen-bond acceptors (Lipinski definition) is 2. The Morgan fingerprint density at radius 1 is 1.21 bits per heavy atom. The summed E-state index contributed by atoms with van der Waals surface area (Å²) >= 11 is 0. The lowest BCUT2D eigenvalue weighted by atomic mass is 10.0. The Hall–Kier alpha value is -1.71. The quantitative estimate of drug-likeness (QED) is 0.784. The van der Waals surface area contributed by atoms with Gasteiger partial charge in [0.05, 0.1) is 11.4 Å². The maximum Gasteiger partial charge on any atom is 0.344 e. The molecular formula is C15H17N3O. The number of aryl methyl sites for hydroxylation is 1. The first kappa shape index (κ1) is 11.1. The Morgan fingerprint density at radius 2 is 2.05 bits per heavy atom. The standard InChI is InChI=1S/C15H17N3O/c1-16-14(19)18-12-9-3-2-4-11(9)17-13-10(12)5-6-15(13)7-8-15/h1-8H2,(H,17,18,19). The summed E-state index contributed by atoms with van der Waals surface area (Å²) in [6.07, 6.45) is 7.98. The Balaban J connectivity index is 1.88. The average Bonchev–Trinajstić information content (AvgIpc) is 2.90. The van der Waals surface area contributed by atoms with Gasteiger partial charge in [0.1, 0.15) is 0 Å². The second-order valence-electron chi connectivity index (χ2n) is 5.96. The minimum atomic E-state index is -0.348. The molecule has 1 N–H and O–H groups in total. The van der Waals surface area contributed by atoms with Crippen LogP contribution in [0.15, 0.2) is 4.99 Å². The number of aromatic nitrogens is 1. The van der Waals surface area contributed by atoms with Crippen molar-refractivity contribution in [2.24, 2.45) is 4.99 Å². The van der Waals surface area contributed by atoms with E-state index < -0.39 is 0 Å². The molecular weight excluding hydrogens is 238 g/mol. The van der Waals surface area contributed by atoms with Crippen LogP contribution in [0.3, 0.4) is 0 Å². The average molecular weight is 255 g/mol. The van der Waals surface area contributed by atoms with Gasteiger partial charge >= 0.3 is 6.03 Å². The third-order valence-corrected chi connectivity index (χ3v) is 4.91. The highest BCUT2D eigenvalue weighted by Crippen LogP contribution is 2.58. The fourth-order valence-electron chi connectivity index (χ4n) is 3.72. The summed E-state index contributed by atoms with van der Waals surface area (Å²) in [5.74, 6) is 0.